The van der Waals surface area contributed by atoms with Gasteiger partial charge >= 0.3 is 0 Å². The zero-order chi connectivity index (χ0) is 17.3. The third-order valence-corrected chi connectivity index (χ3v) is 4.45. The van der Waals surface area contributed by atoms with Gasteiger partial charge in [-0.2, -0.15) is 4.98 Å². The van der Waals surface area contributed by atoms with E-state index in [0.29, 0.717) is 30.6 Å². The second-order valence-corrected chi connectivity index (χ2v) is 6.15. The summed E-state index contributed by atoms with van der Waals surface area (Å²) in [6.45, 7) is 1.30. The van der Waals surface area contributed by atoms with Crippen molar-refractivity contribution in [2.45, 2.75) is 13.0 Å². The Morgan fingerprint density at radius 3 is 2.73 bits per heavy atom. The van der Waals surface area contributed by atoms with E-state index in [9.17, 15) is 0 Å². The molecule has 0 amide bonds. The maximum atomic E-state index is 5.69. The van der Waals surface area contributed by atoms with Crippen molar-refractivity contribution in [3.05, 3.63) is 65.7 Å². The fourth-order valence-corrected chi connectivity index (χ4v) is 3.14. The molecule has 6 nitrogen and oxygen atoms in total. The largest absolute Gasteiger partial charge is 0.477 e. The van der Waals surface area contributed by atoms with Gasteiger partial charge in [0.1, 0.15) is 11.3 Å². The first-order valence-electron chi connectivity index (χ1n) is 8.55. The van der Waals surface area contributed by atoms with Gasteiger partial charge in [-0.1, -0.05) is 47.6 Å². The standard InChI is InChI=1S/C20H16N4O2/c1-2-6-13(7-3-1)12-21-18-15-10-11-25-20(15)23-19(22-18)17-14-8-4-5-9-16(14)24-26-17/h1-9H,10-12H2,(H,21,22,23). The van der Waals surface area contributed by atoms with Crippen molar-refractivity contribution in [3.8, 4) is 17.5 Å². The molecule has 5 rings (SSSR count). The van der Waals surface area contributed by atoms with Crippen LogP contribution >= 0.6 is 0 Å². The second kappa shape index (κ2) is 6.15. The number of aromatic nitrogens is 3. The molecule has 2 aromatic heterocycles. The van der Waals surface area contributed by atoms with Crippen molar-refractivity contribution < 1.29 is 9.26 Å². The van der Waals surface area contributed by atoms with Crippen LogP contribution in [0, 0.1) is 0 Å². The van der Waals surface area contributed by atoms with Gasteiger partial charge in [0.15, 0.2) is 0 Å². The van der Waals surface area contributed by atoms with E-state index in [1.54, 1.807) is 0 Å². The maximum absolute atomic E-state index is 5.69. The van der Waals surface area contributed by atoms with Gasteiger partial charge in [-0.25, -0.2) is 4.98 Å². The summed E-state index contributed by atoms with van der Waals surface area (Å²) < 4.78 is 11.2. The molecule has 0 bridgehead atoms. The SMILES string of the molecule is c1ccc(CNc2nc(-c3onc4ccccc34)nc3c2CCO3)cc1. The molecule has 0 aliphatic carbocycles. The van der Waals surface area contributed by atoms with Crippen molar-refractivity contribution in [3.63, 3.8) is 0 Å². The normalized spacial score (nSPS) is 12.8. The van der Waals surface area contributed by atoms with Crippen LogP contribution in [0.25, 0.3) is 22.5 Å². The van der Waals surface area contributed by atoms with Crippen LogP contribution < -0.4 is 10.1 Å². The number of nitrogens with one attached hydrogen (secondary N) is 1. The highest BCUT2D eigenvalue weighted by molar-refractivity contribution is 5.90. The zero-order valence-corrected chi connectivity index (χ0v) is 14.0. The maximum Gasteiger partial charge on any atom is 0.222 e. The molecule has 128 valence electrons. The lowest BCUT2D eigenvalue weighted by Crippen LogP contribution is -2.05. The lowest BCUT2D eigenvalue weighted by atomic mass is 10.2. The molecule has 0 unspecified atom stereocenters. The van der Waals surface area contributed by atoms with E-state index in [1.165, 1.54) is 5.56 Å². The molecule has 0 radical (unpaired) electrons. The third-order valence-electron chi connectivity index (χ3n) is 4.45. The molecule has 6 heteroatoms. The number of nitrogens with zero attached hydrogens (tertiary/aromatic N) is 3. The van der Waals surface area contributed by atoms with Gasteiger partial charge in [-0.05, 0) is 17.7 Å². The van der Waals surface area contributed by atoms with E-state index < -0.39 is 0 Å². The van der Waals surface area contributed by atoms with Crippen LogP contribution in [0.3, 0.4) is 0 Å². The molecule has 1 aliphatic rings. The van der Waals surface area contributed by atoms with Gasteiger partial charge in [0.25, 0.3) is 0 Å². The minimum Gasteiger partial charge on any atom is -0.477 e. The van der Waals surface area contributed by atoms with E-state index in [2.05, 4.69) is 27.6 Å². The number of rotatable bonds is 4. The van der Waals surface area contributed by atoms with Crippen LogP contribution in [0.15, 0.2) is 59.1 Å². The highest BCUT2D eigenvalue weighted by atomic mass is 16.5. The van der Waals surface area contributed by atoms with Crippen molar-refractivity contribution in [2.24, 2.45) is 0 Å². The molecule has 0 saturated carbocycles. The van der Waals surface area contributed by atoms with E-state index in [1.807, 2.05) is 42.5 Å². The Bertz CT molecular complexity index is 1080. The van der Waals surface area contributed by atoms with Crippen LogP contribution in [-0.4, -0.2) is 21.7 Å². The van der Waals surface area contributed by atoms with Gasteiger partial charge < -0.3 is 14.6 Å². The van der Waals surface area contributed by atoms with E-state index in [4.69, 9.17) is 14.2 Å². The van der Waals surface area contributed by atoms with Crippen molar-refractivity contribution >= 4 is 16.7 Å². The number of anilines is 1. The summed E-state index contributed by atoms with van der Waals surface area (Å²) in [5.41, 5.74) is 2.98. The number of hydrogen-bond donors (Lipinski definition) is 1. The Morgan fingerprint density at radius 2 is 1.81 bits per heavy atom. The van der Waals surface area contributed by atoms with E-state index in [0.717, 1.165) is 28.7 Å². The highest BCUT2D eigenvalue weighted by Crippen LogP contribution is 2.34. The fourth-order valence-electron chi connectivity index (χ4n) is 3.14. The molecule has 1 aliphatic heterocycles. The van der Waals surface area contributed by atoms with Crippen molar-refractivity contribution in [1.29, 1.82) is 0 Å². The quantitative estimate of drug-likeness (QED) is 0.606. The summed E-state index contributed by atoms with van der Waals surface area (Å²) in [5.74, 6) is 2.44. The smallest absolute Gasteiger partial charge is 0.222 e. The van der Waals surface area contributed by atoms with Gasteiger partial charge in [-0.3, -0.25) is 0 Å². The third kappa shape index (κ3) is 2.56. The van der Waals surface area contributed by atoms with Crippen LogP contribution in [0.5, 0.6) is 5.88 Å². The number of ether oxygens (including phenoxy) is 1. The Hall–Kier alpha value is -3.41. The zero-order valence-electron chi connectivity index (χ0n) is 14.0. The summed E-state index contributed by atoms with van der Waals surface area (Å²) in [5, 5.41) is 8.40. The van der Waals surface area contributed by atoms with Gasteiger partial charge in [0, 0.05) is 13.0 Å². The number of hydrogen-bond acceptors (Lipinski definition) is 6. The number of benzene rings is 2. The number of fused-ring (bicyclic) bond motifs is 2. The Labute approximate surface area is 149 Å². The van der Waals surface area contributed by atoms with Crippen molar-refractivity contribution in [2.75, 3.05) is 11.9 Å². The first-order valence-corrected chi connectivity index (χ1v) is 8.55. The first-order chi connectivity index (χ1) is 12.9. The minimum atomic E-state index is 0.481. The molecule has 0 spiro atoms. The average molecular weight is 344 g/mol. The Balaban J connectivity index is 1.55. The fraction of sp³-hybridized carbons (Fsp3) is 0.150. The monoisotopic (exact) mass is 344 g/mol. The van der Waals surface area contributed by atoms with Crippen LogP contribution in [-0.2, 0) is 13.0 Å². The first kappa shape index (κ1) is 14.9. The van der Waals surface area contributed by atoms with Gasteiger partial charge in [0.2, 0.25) is 17.5 Å². The summed E-state index contributed by atoms with van der Waals surface area (Å²) in [6.07, 6.45) is 0.796. The van der Waals surface area contributed by atoms with Gasteiger partial charge in [0.05, 0.1) is 17.6 Å². The lowest BCUT2D eigenvalue weighted by molar-refractivity contribution is 0.344. The molecule has 0 atom stereocenters. The highest BCUT2D eigenvalue weighted by Gasteiger charge is 2.23. The summed E-state index contributed by atoms with van der Waals surface area (Å²) in [7, 11) is 0. The van der Waals surface area contributed by atoms with E-state index in [-0.39, 0.29) is 0 Å². The van der Waals surface area contributed by atoms with Crippen LogP contribution in [0.1, 0.15) is 11.1 Å². The molecular weight excluding hydrogens is 328 g/mol. The van der Waals surface area contributed by atoms with Crippen LogP contribution in [0.4, 0.5) is 5.82 Å². The Kier molecular flexibility index (Phi) is 3.52. The Morgan fingerprint density at radius 1 is 0.962 bits per heavy atom. The summed E-state index contributed by atoms with van der Waals surface area (Å²) in [4.78, 5) is 9.27. The molecule has 2 aromatic carbocycles. The average Bonchev–Trinajstić information content (AvgIpc) is 3.33. The second-order valence-electron chi connectivity index (χ2n) is 6.15. The van der Waals surface area contributed by atoms with Crippen molar-refractivity contribution in [1.82, 2.24) is 15.1 Å². The lowest BCUT2D eigenvalue weighted by Gasteiger charge is -2.10. The predicted molar refractivity (Wildman–Crippen MR) is 98.0 cm³/mol. The molecule has 1 N–H and O–H groups in total. The molecule has 0 saturated heterocycles. The molecule has 0 fully saturated rings. The molecule has 26 heavy (non-hydrogen) atoms. The molecule has 4 aromatic rings. The summed E-state index contributed by atoms with van der Waals surface area (Å²) in [6, 6.07) is 17.9. The minimum absolute atomic E-state index is 0.481. The van der Waals surface area contributed by atoms with Gasteiger partial charge in [-0.15, -0.1) is 0 Å². The van der Waals surface area contributed by atoms with E-state index >= 15 is 0 Å². The van der Waals surface area contributed by atoms with Crippen LogP contribution in [0.2, 0.25) is 0 Å². The molecular formula is C20H16N4O2. The summed E-state index contributed by atoms with van der Waals surface area (Å²) >= 11 is 0. The topological polar surface area (TPSA) is 73.1 Å². The predicted octanol–water partition coefficient (Wildman–Crippen LogP) is 3.83. The molecule has 3 heterocycles.